The Balaban J connectivity index is 1.76. The lowest BCUT2D eigenvalue weighted by molar-refractivity contribution is 0.0950. The maximum Gasteiger partial charge on any atom is 0.251 e. The molecule has 25 heavy (non-hydrogen) atoms. The van der Waals surface area contributed by atoms with E-state index in [1.807, 2.05) is 0 Å². The number of hydrogen-bond acceptors (Lipinski definition) is 2. The van der Waals surface area contributed by atoms with Crippen LogP contribution >= 0.6 is 11.6 Å². The van der Waals surface area contributed by atoms with E-state index >= 15 is 0 Å². The first-order valence-corrected chi connectivity index (χ1v) is 7.85. The van der Waals surface area contributed by atoms with E-state index in [4.69, 9.17) is 11.6 Å². The number of aromatic nitrogens is 1. The average Bonchev–Trinajstić information content (AvgIpc) is 2.60. The highest BCUT2D eigenvalue weighted by Gasteiger charge is 2.13. The summed E-state index contributed by atoms with van der Waals surface area (Å²) in [6.07, 6.45) is 1.51. The van der Waals surface area contributed by atoms with Crippen molar-refractivity contribution >= 4 is 17.5 Å². The van der Waals surface area contributed by atoms with Gasteiger partial charge < -0.3 is 5.32 Å². The molecule has 126 valence electrons. The van der Waals surface area contributed by atoms with Crippen LogP contribution in [0.4, 0.5) is 8.78 Å². The van der Waals surface area contributed by atoms with Gasteiger partial charge in [0.2, 0.25) is 0 Å². The molecule has 3 aromatic rings. The van der Waals surface area contributed by atoms with Crippen LogP contribution in [0.2, 0.25) is 5.02 Å². The molecule has 0 unspecified atom stereocenters. The zero-order valence-electron chi connectivity index (χ0n) is 13.0. The SMILES string of the molecule is O=C(NCc1cccc(F)c1)c1ccc(-c2ncccc2Cl)c(F)c1. The number of nitrogens with one attached hydrogen (secondary N) is 1. The van der Waals surface area contributed by atoms with E-state index in [-0.39, 0.29) is 23.5 Å². The summed E-state index contributed by atoms with van der Waals surface area (Å²) in [5.41, 5.74) is 1.30. The molecule has 0 aliphatic rings. The zero-order chi connectivity index (χ0) is 17.8. The van der Waals surface area contributed by atoms with Crippen LogP contribution in [-0.2, 0) is 6.54 Å². The van der Waals surface area contributed by atoms with Gasteiger partial charge in [-0.15, -0.1) is 0 Å². The van der Waals surface area contributed by atoms with E-state index in [1.165, 1.54) is 30.5 Å². The van der Waals surface area contributed by atoms with E-state index in [1.54, 1.807) is 24.3 Å². The maximum absolute atomic E-state index is 14.4. The molecule has 6 heteroatoms. The fourth-order valence-corrected chi connectivity index (χ4v) is 2.59. The van der Waals surface area contributed by atoms with Crippen LogP contribution in [-0.4, -0.2) is 10.9 Å². The van der Waals surface area contributed by atoms with Crippen molar-refractivity contribution in [1.29, 1.82) is 0 Å². The van der Waals surface area contributed by atoms with Gasteiger partial charge in [0.1, 0.15) is 11.6 Å². The second-order valence-corrected chi connectivity index (χ2v) is 5.75. The van der Waals surface area contributed by atoms with Crippen molar-refractivity contribution in [2.24, 2.45) is 0 Å². The molecule has 1 aromatic heterocycles. The number of carbonyl (C=O) groups excluding carboxylic acids is 1. The molecule has 0 radical (unpaired) electrons. The Morgan fingerprint density at radius 3 is 2.64 bits per heavy atom. The quantitative estimate of drug-likeness (QED) is 0.740. The van der Waals surface area contributed by atoms with Crippen LogP contribution in [0.15, 0.2) is 60.8 Å². The summed E-state index contributed by atoms with van der Waals surface area (Å²) >= 11 is 6.02. The molecule has 2 aromatic carbocycles. The fourth-order valence-electron chi connectivity index (χ4n) is 2.36. The predicted molar refractivity (Wildman–Crippen MR) is 92.2 cm³/mol. The molecule has 0 aliphatic heterocycles. The molecule has 3 rings (SSSR count). The molecular formula is C19H13ClF2N2O. The standard InChI is InChI=1S/C19H13ClF2N2O/c20-16-5-2-8-23-18(16)15-7-6-13(10-17(15)22)19(25)24-11-12-3-1-4-14(21)9-12/h1-10H,11H2,(H,24,25). The van der Waals surface area contributed by atoms with Gasteiger partial charge in [0, 0.05) is 23.9 Å². The molecule has 1 amide bonds. The Bertz CT molecular complexity index is 931. The normalized spacial score (nSPS) is 10.5. The monoisotopic (exact) mass is 358 g/mol. The van der Waals surface area contributed by atoms with E-state index in [2.05, 4.69) is 10.3 Å². The summed E-state index contributed by atoms with van der Waals surface area (Å²) in [5.74, 6) is -1.43. The van der Waals surface area contributed by atoms with E-state index < -0.39 is 11.7 Å². The number of rotatable bonds is 4. The smallest absolute Gasteiger partial charge is 0.251 e. The third-order valence-corrected chi connectivity index (χ3v) is 3.89. The van der Waals surface area contributed by atoms with Crippen molar-refractivity contribution in [3.05, 3.63) is 88.6 Å². The lowest BCUT2D eigenvalue weighted by Gasteiger charge is -2.08. The molecule has 0 aliphatic carbocycles. The number of amides is 1. The first-order valence-electron chi connectivity index (χ1n) is 7.47. The van der Waals surface area contributed by atoms with Gasteiger partial charge in [0.25, 0.3) is 5.91 Å². The summed E-state index contributed by atoms with van der Waals surface area (Å²) in [5, 5.41) is 2.95. The van der Waals surface area contributed by atoms with Crippen LogP contribution in [0.25, 0.3) is 11.3 Å². The topological polar surface area (TPSA) is 42.0 Å². The van der Waals surface area contributed by atoms with Crippen molar-refractivity contribution in [1.82, 2.24) is 10.3 Å². The van der Waals surface area contributed by atoms with Crippen LogP contribution in [0.1, 0.15) is 15.9 Å². The van der Waals surface area contributed by atoms with Crippen molar-refractivity contribution in [3.8, 4) is 11.3 Å². The molecule has 1 N–H and O–H groups in total. The summed E-state index contributed by atoms with van der Waals surface area (Å²) in [4.78, 5) is 16.2. The van der Waals surface area contributed by atoms with Crippen LogP contribution in [0, 0.1) is 11.6 Å². The Morgan fingerprint density at radius 2 is 1.92 bits per heavy atom. The van der Waals surface area contributed by atoms with Gasteiger partial charge in [0.15, 0.2) is 0 Å². The Morgan fingerprint density at radius 1 is 1.08 bits per heavy atom. The van der Waals surface area contributed by atoms with Crippen molar-refractivity contribution in [2.45, 2.75) is 6.54 Å². The lowest BCUT2D eigenvalue weighted by atomic mass is 10.1. The molecule has 1 heterocycles. The highest BCUT2D eigenvalue weighted by Crippen LogP contribution is 2.28. The number of pyridine rings is 1. The number of carbonyl (C=O) groups is 1. The number of hydrogen-bond donors (Lipinski definition) is 1. The number of halogens is 3. The van der Waals surface area contributed by atoms with Gasteiger partial charge in [-0.2, -0.15) is 0 Å². The van der Waals surface area contributed by atoms with Crippen molar-refractivity contribution in [3.63, 3.8) is 0 Å². The molecule has 0 atom stereocenters. The molecule has 0 bridgehead atoms. The Labute approximate surface area is 148 Å². The molecule has 0 fully saturated rings. The van der Waals surface area contributed by atoms with Gasteiger partial charge in [0.05, 0.1) is 10.7 Å². The molecule has 0 saturated heterocycles. The second kappa shape index (κ2) is 7.40. The fraction of sp³-hybridized carbons (Fsp3) is 0.0526. The van der Waals surface area contributed by atoms with Crippen molar-refractivity contribution < 1.29 is 13.6 Å². The highest BCUT2D eigenvalue weighted by molar-refractivity contribution is 6.33. The minimum atomic E-state index is -0.598. The third-order valence-electron chi connectivity index (χ3n) is 3.59. The lowest BCUT2D eigenvalue weighted by Crippen LogP contribution is -2.23. The predicted octanol–water partition coefficient (Wildman–Crippen LogP) is 4.61. The Kier molecular flexibility index (Phi) is 5.05. The minimum Gasteiger partial charge on any atom is -0.348 e. The third kappa shape index (κ3) is 4.00. The molecule has 0 saturated carbocycles. The average molecular weight is 359 g/mol. The van der Waals surface area contributed by atoms with Gasteiger partial charge in [-0.3, -0.25) is 9.78 Å². The van der Waals surface area contributed by atoms with Crippen LogP contribution in [0.3, 0.4) is 0 Å². The van der Waals surface area contributed by atoms with Gasteiger partial charge in [-0.1, -0.05) is 23.7 Å². The van der Waals surface area contributed by atoms with E-state index in [0.717, 1.165) is 6.07 Å². The second-order valence-electron chi connectivity index (χ2n) is 5.34. The van der Waals surface area contributed by atoms with Crippen LogP contribution in [0.5, 0.6) is 0 Å². The first kappa shape index (κ1) is 17.0. The maximum atomic E-state index is 14.4. The summed E-state index contributed by atoms with van der Waals surface area (Å²) in [6, 6.07) is 13.2. The first-order chi connectivity index (χ1) is 12.0. The summed E-state index contributed by atoms with van der Waals surface area (Å²) in [6.45, 7) is 0.145. The largest absolute Gasteiger partial charge is 0.348 e. The van der Waals surface area contributed by atoms with E-state index in [9.17, 15) is 13.6 Å². The van der Waals surface area contributed by atoms with Crippen molar-refractivity contribution in [2.75, 3.05) is 0 Å². The molecular weight excluding hydrogens is 346 g/mol. The Hall–Kier alpha value is -2.79. The molecule has 3 nitrogen and oxygen atoms in total. The summed E-state index contributed by atoms with van der Waals surface area (Å²) in [7, 11) is 0. The van der Waals surface area contributed by atoms with Crippen LogP contribution < -0.4 is 5.32 Å². The summed E-state index contributed by atoms with van der Waals surface area (Å²) < 4.78 is 27.5. The van der Waals surface area contributed by atoms with Gasteiger partial charge in [-0.05, 0) is 48.0 Å². The molecule has 0 spiro atoms. The van der Waals surface area contributed by atoms with Gasteiger partial charge in [-0.25, -0.2) is 8.78 Å². The van der Waals surface area contributed by atoms with E-state index in [0.29, 0.717) is 16.3 Å². The highest BCUT2D eigenvalue weighted by atomic mass is 35.5. The zero-order valence-corrected chi connectivity index (χ0v) is 13.7. The van der Waals surface area contributed by atoms with Gasteiger partial charge >= 0.3 is 0 Å². The number of nitrogens with zero attached hydrogens (tertiary/aromatic N) is 1. The number of benzene rings is 2. The minimum absolute atomic E-state index is 0.145.